The van der Waals surface area contributed by atoms with Gasteiger partial charge in [-0.1, -0.05) is 36.8 Å². The maximum absolute atomic E-state index is 10.8. The second kappa shape index (κ2) is 6.28. The Hall–Kier alpha value is -1.35. The van der Waals surface area contributed by atoms with Crippen LogP contribution in [-0.4, -0.2) is 17.6 Å². The highest BCUT2D eigenvalue weighted by Crippen LogP contribution is 2.17. The van der Waals surface area contributed by atoms with Gasteiger partial charge in [0.1, 0.15) is 0 Å². The Labute approximate surface area is 96.5 Å². The minimum Gasteiger partial charge on any atom is -0.481 e. The standard InChI is InChI=1S/C13H19NO2/c1-3-8-14-12(9-13(15)16)11-6-4-10(2)5-7-11/h4-7,12,14H,3,8-9H2,1-2H3,(H,15,16). The molecule has 0 bridgehead atoms. The van der Waals surface area contributed by atoms with Crippen LogP contribution < -0.4 is 5.32 Å². The number of carbonyl (C=O) groups is 1. The molecule has 16 heavy (non-hydrogen) atoms. The molecule has 3 nitrogen and oxygen atoms in total. The van der Waals surface area contributed by atoms with Crippen LogP contribution in [0.3, 0.4) is 0 Å². The van der Waals surface area contributed by atoms with Gasteiger partial charge in [0.15, 0.2) is 0 Å². The number of rotatable bonds is 6. The Morgan fingerprint density at radius 3 is 2.50 bits per heavy atom. The fraction of sp³-hybridized carbons (Fsp3) is 0.462. The first-order valence-electron chi connectivity index (χ1n) is 5.65. The normalized spacial score (nSPS) is 12.4. The molecule has 0 aliphatic heterocycles. The minimum atomic E-state index is -0.769. The fourth-order valence-corrected chi connectivity index (χ4v) is 1.60. The molecule has 88 valence electrons. The maximum atomic E-state index is 10.8. The third-order valence-corrected chi connectivity index (χ3v) is 2.50. The van der Waals surface area contributed by atoms with Crippen LogP contribution >= 0.6 is 0 Å². The Morgan fingerprint density at radius 1 is 1.38 bits per heavy atom. The lowest BCUT2D eigenvalue weighted by Gasteiger charge is -2.17. The van der Waals surface area contributed by atoms with Crippen molar-refractivity contribution < 1.29 is 9.90 Å². The number of hydrogen-bond acceptors (Lipinski definition) is 2. The van der Waals surface area contributed by atoms with Gasteiger partial charge in [-0.25, -0.2) is 0 Å². The van der Waals surface area contributed by atoms with Crippen LogP contribution in [0.2, 0.25) is 0 Å². The van der Waals surface area contributed by atoms with Crippen LogP contribution in [0.15, 0.2) is 24.3 Å². The number of benzene rings is 1. The fourth-order valence-electron chi connectivity index (χ4n) is 1.60. The van der Waals surface area contributed by atoms with E-state index in [0.29, 0.717) is 0 Å². The lowest BCUT2D eigenvalue weighted by atomic mass is 10.0. The summed E-state index contributed by atoms with van der Waals surface area (Å²) in [6.45, 7) is 4.93. The summed E-state index contributed by atoms with van der Waals surface area (Å²) in [5.41, 5.74) is 2.23. The van der Waals surface area contributed by atoms with Crippen molar-refractivity contribution in [1.82, 2.24) is 5.32 Å². The Kier molecular flexibility index (Phi) is 4.99. The second-order valence-electron chi connectivity index (χ2n) is 4.02. The van der Waals surface area contributed by atoms with E-state index in [9.17, 15) is 4.79 Å². The van der Waals surface area contributed by atoms with E-state index < -0.39 is 5.97 Å². The second-order valence-corrected chi connectivity index (χ2v) is 4.02. The predicted octanol–water partition coefficient (Wildman–Crippen LogP) is 2.51. The van der Waals surface area contributed by atoms with E-state index in [1.54, 1.807) is 0 Å². The quantitative estimate of drug-likeness (QED) is 0.776. The van der Waals surface area contributed by atoms with Crippen LogP contribution in [0.1, 0.15) is 36.9 Å². The van der Waals surface area contributed by atoms with Gasteiger partial charge in [-0.05, 0) is 25.5 Å². The number of aryl methyl sites for hydroxylation is 1. The topological polar surface area (TPSA) is 49.3 Å². The van der Waals surface area contributed by atoms with Crippen molar-refractivity contribution in [3.8, 4) is 0 Å². The molecule has 0 spiro atoms. The molecule has 3 heteroatoms. The SMILES string of the molecule is CCCNC(CC(=O)O)c1ccc(C)cc1. The summed E-state index contributed by atoms with van der Waals surface area (Å²) >= 11 is 0. The zero-order valence-electron chi connectivity index (χ0n) is 9.86. The van der Waals surface area contributed by atoms with Crippen molar-refractivity contribution in [3.63, 3.8) is 0 Å². The van der Waals surface area contributed by atoms with E-state index in [1.165, 1.54) is 5.56 Å². The molecular weight excluding hydrogens is 202 g/mol. The van der Waals surface area contributed by atoms with Crippen LogP contribution in [0.5, 0.6) is 0 Å². The first-order chi connectivity index (χ1) is 7.63. The molecule has 1 rings (SSSR count). The molecule has 0 radical (unpaired) electrons. The number of aliphatic carboxylic acids is 1. The van der Waals surface area contributed by atoms with Gasteiger partial charge in [0, 0.05) is 6.04 Å². The highest BCUT2D eigenvalue weighted by atomic mass is 16.4. The van der Waals surface area contributed by atoms with Crippen molar-refractivity contribution in [2.75, 3.05) is 6.54 Å². The number of nitrogens with one attached hydrogen (secondary N) is 1. The number of hydrogen-bond donors (Lipinski definition) is 2. The summed E-state index contributed by atoms with van der Waals surface area (Å²) in [4.78, 5) is 10.8. The molecular formula is C13H19NO2. The van der Waals surface area contributed by atoms with Crippen molar-refractivity contribution >= 4 is 5.97 Å². The summed E-state index contributed by atoms with van der Waals surface area (Å²) < 4.78 is 0. The van der Waals surface area contributed by atoms with E-state index in [2.05, 4.69) is 12.2 Å². The molecule has 0 heterocycles. The lowest BCUT2D eigenvalue weighted by Crippen LogP contribution is -2.24. The zero-order chi connectivity index (χ0) is 12.0. The lowest BCUT2D eigenvalue weighted by molar-refractivity contribution is -0.137. The highest BCUT2D eigenvalue weighted by Gasteiger charge is 2.13. The molecule has 0 aliphatic carbocycles. The van der Waals surface area contributed by atoms with Gasteiger partial charge in [-0.3, -0.25) is 4.79 Å². The molecule has 1 atom stereocenters. The average molecular weight is 221 g/mol. The monoisotopic (exact) mass is 221 g/mol. The molecule has 0 aromatic heterocycles. The van der Waals surface area contributed by atoms with Crippen LogP contribution in [0.25, 0.3) is 0 Å². The molecule has 0 fully saturated rings. The smallest absolute Gasteiger partial charge is 0.305 e. The molecule has 0 amide bonds. The van der Waals surface area contributed by atoms with Crippen molar-refractivity contribution in [2.24, 2.45) is 0 Å². The van der Waals surface area contributed by atoms with E-state index in [4.69, 9.17) is 5.11 Å². The van der Waals surface area contributed by atoms with Gasteiger partial charge in [0.25, 0.3) is 0 Å². The van der Waals surface area contributed by atoms with Gasteiger partial charge < -0.3 is 10.4 Å². The third-order valence-electron chi connectivity index (χ3n) is 2.50. The summed E-state index contributed by atoms with van der Waals surface area (Å²) in [6.07, 6.45) is 1.13. The number of carboxylic acid groups (broad SMARTS) is 1. The van der Waals surface area contributed by atoms with Gasteiger partial charge in [-0.2, -0.15) is 0 Å². The van der Waals surface area contributed by atoms with Crippen LogP contribution in [0.4, 0.5) is 0 Å². The van der Waals surface area contributed by atoms with E-state index in [0.717, 1.165) is 18.5 Å². The van der Waals surface area contributed by atoms with Crippen molar-refractivity contribution in [3.05, 3.63) is 35.4 Å². The molecule has 1 unspecified atom stereocenters. The van der Waals surface area contributed by atoms with Crippen molar-refractivity contribution in [1.29, 1.82) is 0 Å². The average Bonchev–Trinajstić information content (AvgIpc) is 2.25. The summed E-state index contributed by atoms with van der Waals surface area (Å²) in [5.74, 6) is -0.769. The van der Waals surface area contributed by atoms with E-state index >= 15 is 0 Å². The van der Waals surface area contributed by atoms with Gasteiger partial charge in [0.05, 0.1) is 6.42 Å². The first kappa shape index (κ1) is 12.7. The van der Waals surface area contributed by atoms with Crippen LogP contribution in [-0.2, 0) is 4.79 Å². The van der Waals surface area contributed by atoms with E-state index in [-0.39, 0.29) is 12.5 Å². The minimum absolute atomic E-state index is 0.0851. The van der Waals surface area contributed by atoms with Gasteiger partial charge in [0.2, 0.25) is 0 Å². The summed E-state index contributed by atoms with van der Waals surface area (Å²) in [6, 6.07) is 7.92. The molecule has 1 aromatic rings. The van der Waals surface area contributed by atoms with Gasteiger partial charge >= 0.3 is 5.97 Å². The van der Waals surface area contributed by atoms with Crippen LogP contribution in [0, 0.1) is 6.92 Å². The highest BCUT2D eigenvalue weighted by molar-refractivity contribution is 5.67. The molecule has 0 saturated heterocycles. The summed E-state index contributed by atoms with van der Waals surface area (Å²) in [7, 11) is 0. The van der Waals surface area contributed by atoms with Crippen molar-refractivity contribution in [2.45, 2.75) is 32.7 Å². The van der Waals surface area contributed by atoms with E-state index in [1.807, 2.05) is 31.2 Å². The van der Waals surface area contributed by atoms with Gasteiger partial charge in [-0.15, -0.1) is 0 Å². The largest absolute Gasteiger partial charge is 0.481 e. The Bertz CT molecular complexity index is 332. The first-order valence-corrected chi connectivity index (χ1v) is 5.65. The Balaban J connectivity index is 2.74. The molecule has 2 N–H and O–H groups in total. The third kappa shape index (κ3) is 4.03. The molecule has 0 aliphatic rings. The zero-order valence-corrected chi connectivity index (χ0v) is 9.86. The maximum Gasteiger partial charge on any atom is 0.305 e. The Morgan fingerprint density at radius 2 is 2.00 bits per heavy atom. The number of carboxylic acids is 1. The molecule has 0 saturated carbocycles. The molecule has 1 aromatic carbocycles. The summed E-state index contributed by atoms with van der Waals surface area (Å²) in [5, 5.41) is 12.1. The predicted molar refractivity (Wildman–Crippen MR) is 64.5 cm³/mol.